The van der Waals surface area contributed by atoms with Gasteiger partial charge in [-0.15, -0.1) is 0 Å². The molecule has 5 nitrogen and oxygen atoms in total. The van der Waals surface area contributed by atoms with Gasteiger partial charge in [-0.2, -0.15) is 4.39 Å². The smallest absolute Gasteiger partial charge is 0.223 e. The third-order valence-electron chi connectivity index (χ3n) is 4.94. The van der Waals surface area contributed by atoms with Crippen molar-refractivity contribution < 1.29 is 9.18 Å². The number of nitrogens with one attached hydrogen (secondary N) is 1. The van der Waals surface area contributed by atoms with Crippen molar-refractivity contribution in [3.63, 3.8) is 0 Å². The summed E-state index contributed by atoms with van der Waals surface area (Å²) in [4.78, 5) is 21.8. The van der Waals surface area contributed by atoms with E-state index in [4.69, 9.17) is 0 Å². The molecule has 0 aliphatic heterocycles. The van der Waals surface area contributed by atoms with Crippen LogP contribution in [0.25, 0.3) is 0 Å². The second-order valence-corrected chi connectivity index (χ2v) is 6.60. The molecule has 2 unspecified atom stereocenters. The molecule has 1 aliphatic rings. The van der Waals surface area contributed by atoms with Crippen LogP contribution in [0.15, 0.2) is 36.7 Å². The minimum atomic E-state index is -0.575. The number of hydrogen-bond donors (Lipinski definition) is 1. The highest BCUT2D eigenvalue weighted by Gasteiger charge is 2.26. The largest absolute Gasteiger partial charge is 0.368 e. The highest BCUT2D eigenvalue weighted by atomic mass is 19.1. The van der Waals surface area contributed by atoms with Crippen molar-refractivity contribution in [3.05, 3.63) is 53.7 Å². The Balaban J connectivity index is 1.53. The lowest BCUT2D eigenvalue weighted by Crippen LogP contribution is -2.39. The van der Waals surface area contributed by atoms with E-state index in [-0.39, 0.29) is 11.9 Å². The summed E-state index contributed by atoms with van der Waals surface area (Å²) in [5, 5.41) is 3.05. The maximum Gasteiger partial charge on any atom is 0.223 e. The number of halogens is 1. The summed E-state index contributed by atoms with van der Waals surface area (Å²) in [7, 11) is 1.82. The Morgan fingerprint density at radius 2 is 2.20 bits per heavy atom. The Hall–Kier alpha value is -2.50. The molecule has 0 bridgehead atoms. The van der Waals surface area contributed by atoms with Gasteiger partial charge in [-0.05, 0) is 36.8 Å². The van der Waals surface area contributed by atoms with Gasteiger partial charge >= 0.3 is 0 Å². The van der Waals surface area contributed by atoms with E-state index in [0.29, 0.717) is 24.7 Å². The zero-order chi connectivity index (χ0) is 17.8. The van der Waals surface area contributed by atoms with Crippen LogP contribution in [0.4, 0.5) is 10.2 Å². The lowest BCUT2D eigenvalue weighted by molar-refractivity contribution is -0.131. The van der Waals surface area contributed by atoms with E-state index in [1.807, 2.05) is 20.0 Å². The van der Waals surface area contributed by atoms with Crippen LogP contribution in [0.2, 0.25) is 0 Å². The third-order valence-corrected chi connectivity index (χ3v) is 4.94. The van der Waals surface area contributed by atoms with Crippen molar-refractivity contribution >= 4 is 11.7 Å². The molecule has 2 aromatic rings. The van der Waals surface area contributed by atoms with Crippen molar-refractivity contribution in [3.8, 4) is 0 Å². The van der Waals surface area contributed by atoms with Crippen LogP contribution in [0.5, 0.6) is 0 Å². The highest BCUT2D eigenvalue weighted by Crippen LogP contribution is 2.35. The summed E-state index contributed by atoms with van der Waals surface area (Å²) < 4.78 is 13.1. The standard InChI is InChI=1S/C19H23FN4O/c1-13(11-21-18-10-17(20)22-12-23-18)24(2)19(25)9-15-8-7-14-5-3-4-6-16(14)15/h3-6,10,12-13,15H,7-9,11H2,1-2H3,(H,21,22,23). The highest BCUT2D eigenvalue weighted by molar-refractivity contribution is 5.77. The van der Waals surface area contributed by atoms with Crippen molar-refractivity contribution in [2.75, 3.05) is 18.9 Å². The number of hydrogen-bond acceptors (Lipinski definition) is 4. The molecule has 0 spiro atoms. The molecule has 1 aromatic heterocycles. The first-order chi connectivity index (χ1) is 12.0. The Kier molecular flexibility index (Phi) is 5.26. The van der Waals surface area contributed by atoms with E-state index in [1.54, 1.807) is 4.90 Å². The van der Waals surface area contributed by atoms with Gasteiger partial charge in [0.1, 0.15) is 12.1 Å². The molecule has 1 amide bonds. The first-order valence-electron chi connectivity index (χ1n) is 8.59. The molecule has 1 N–H and O–H groups in total. The fourth-order valence-electron chi connectivity index (χ4n) is 3.28. The van der Waals surface area contributed by atoms with Crippen LogP contribution in [0.3, 0.4) is 0 Å². The molecule has 132 valence electrons. The molecular weight excluding hydrogens is 319 g/mol. The summed E-state index contributed by atoms with van der Waals surface area (Å²) in [6.45, 7) is 2.46. The van der Waals surface area contributed by atoms with Gasteiger partial charge in [0.15, 0.2) is 0 Å². The van der Waals surface area contributed by atoms with Gasteiger partial charge in [0.05, 0.1) is 0 Å². The minimum Gasteiger partial charge on any atom is -0.368 e. The first kappa shape index (κ1) is 17.3. The lowest BCUT2D eigenvalue weighted by Gasteiger charge is -2.26. The summed E-state index contributed by atoms with van der Waals surface area (Å²) >= 11 is 0. The fraction of sp³-hybridized carbons (Fsp3) is 0.421. The van der Waals surface area contributed by atoms with Crippen LogP contribution in [-0.2, 0) is 11.2 Å². The Morgan fingerprint density at radius 1 is 1.40 bits per heavy atom. The van der Waals surface area contributed by atoms with Crippen molar-refractivity contribution in [1.82, 2.24) is 14.9 Å². The maximum absolute atomic E-state index is 13.1. The number of fused-ring (bicyclic) bond motifs is 1. The number of aryl methyl sites for hydroxylation is 1. The van der Waals surface area contributed by atoms with Gasteiger partial charge in [0.25, 0.3) is 0 Å². The van der Waals surface area contributed by atoms with Gasteiger partial charge in [0, 0.05) is 32.1 Å². The van der Waals surface area contributed by atoms with Gasteiger partial charge in [0.2, 0.25) is 11.9 Å². The Labute approximate surface area is 147 Å². The number of benzene rings is 1. The first-order valence-corrected chi connectivity index (χ1v) is 8.59. The van der Waals surface area contributed by atoms with Gasteiger partial charge in [-0.3, -0.25) is 4.79 Å². The van der Waals surface area contributed by atoms with Crippen molar-refractivity contribution in [2.24, 2.45) is 0 Å². The average Bonchev–Trinajstić information content (AvgIpc) is 3.02. The summed E-state index contributed by atoms with van der Waals surface area (Å²) in [5.41, 5.74) is 2.68. The van der Waals surface area contributed by atoms with Crippen LogP contribution in [0, 0.1) is 5.95 Å². The average molecular weight is 342 g/mol. The van der Waals surface area contributed by atoms with E-state index < -0.39 is 5.95 Å². The number of nitrogens with zero attached hydrogens (tertiary/aromatic N) is 3. The lowest BCUT2D eigenvalue weighted by atomic mass is 9.97. The summed E-state index contributed by atoms with van der Waals surface area (Å²) in [5.74, 6) is 0.284. The topological polar surface area (TPSA) is 58.1 Å². The summed E-state index contributed by atoms with van der Waals surface area (Å²) in [6, 6.07) is 9.59. The van der Waals surface area contributed by atoms with Crippen LogP contribution < -0.4 is 5.32 Å². The van der Waals surface area contributed by atoms with E-state index in [2.05, 4.69) is 33.5 Å². The minimum absolute atomic E-state index is 0.0258. The predicted molar refractivity (Wildman–Crippen MR) is 94.8 cm³/mol. The second kappa shape index (κ2) is 7.59. The Morgan fingerprint density at radius 3 is 3.00 bits per heavy atom. The maximum atomic E-state index is 13.1. The van der Waals surface area contributed by atoms with E-state index in [9.17, 15) is 9.18 Å². The van der Waals surface area contributed by atoms with Crippen LogP contribution >= 0.6 is 0 Å². The number of likely N-dealkylation sites (N-methyl/N-ethyl adjacent to an activating group) is 1. The molecular formula is C19H23FN4O. The number of amides is 1. The molecule has 2 atom stereocenters. The number of carbonyl (C=O) groups is 1. The number of rotatable bonds is 6. The van der Waals surface area contributed by atoms with Crippen LogP contribution in [-0.4, -0.2) is 40.4 Å². The molecule has 0 saturated heterocycles. The zero-order valence-electron chi connectivity index (χ0n) is 14.6. The fourth-order valence-corrected chi connectivity index (χ4v) is 3.28. The SMILES string of the molecule is CC(CNc1cc(F)ncn1)N(C)C(=O)CC1CCc2ccccc21. The predicted octanol–water partition coefficient (Wildman–Crippen LogP) is 2.99. The van der Waals surface area contributed by atoms with E-state index in [1.165, 1.54) is 23.5 Å². The van der Waals surface area contributed by atoms with Gasteiger partial charge in [-0.1, -0.05) is 24.3 Å². The number of anilines is 1. The normalized spacial score (nSPS) is 17.0. The summed E-state index contributed by atoms with van der Waals surface area (Å²) in [6.07, 6.45) is 3.79. The zero-order valence-corrected chi connectivity index (χ0v) is 14.6. The van der Waals surface area contributed by atoms with Gasteiger partial charge in [-0.25, -0.2) is 9.97 Å². The number of carbonyl (C=O) groups excluding carboxylic acids is 1. The van der Waals surface area contributed by atoms with Crippen molar-refractivity contribution in [1.29, 1.82) is 0 Å². The molecule has 1 aromatic carbocycles. The third kappa shape index (κ3) is 4.13. The molecule has 1 aliphatic carbocycles. The van der Waals surface area contributed by atoms with E-state index in [0.717, 1.165) is 12.8 Å². The Bertz CT molecular complexity index is 752. The second-order valence-electron chi connectivity index (χ2n) is 6.60. The molecule has 0 radical (unpaired) electrons. The molecule has 3 rings (SSSR count). The molecule has 6 heteroatoms. The molecule has 0 saturated carbocycles. The quantitative estimate of drug-likeness (QED) is 0.820. The molecule has 1 heterocycles. The van der Waals surface area contributed by atoms with E-state index >= 15 is 0 Å². The number of aromatic nitrogens is 2. The van der Waals surface area contributed by atoms with Crippen molar-refractivity contribution in [2.45, 2.75) is 38.1 Å². The molecule has 0 fully saturated rings. The van der Waals surface area contributed by atoms with Gasteiger partial charge < -0.3 is 10.2 Å². The van der Waals surface area contributed by atoms with Crippen LogP contribution in [0.1, 0.15) is 36.8 Å². The molecule has 25 heavy (non-hydrogen) atoms. The monoisotopic (exact) mass is 342 g/mol.